The number of rotatable bonds is 11. The molecule has 1 atom stereocenters. The maximum absolute atomic E-state index is 11.7. The molecule has 0 aliphatic carbocycles. The number of carbonyl (C=O) groups excluding carboxylic acids is 2. The lowest BCUT2D eigenvalue weighted by molar-refractivity contribution is -0.127. The summed E-state index contributed by atoms with van der Waals surface area (Å²) in [6, 6.07) is -0.723. The second-order valence-electron chi connectivity index (χ2n) is 4.73. The summed E-state index contributed by atoms with van der Waals surface area (Å²) in [5.74, 6) is -0.812. The maximum atomic E-state index is 11.7. The molecular formula is C12H26N8O2. The highest BCUT2D eigenvalue weighted by Crippen LogP contribution is 2.01. The van der Waals surface area contributed by atoms with E-state index in [1.807, 2.05) is 0 Å². The van der Waals surface area contributed by atoms with Gasteiger partial charge in [0.15, 0.2) is 11.9 Å². The number of nitrogens with two attached hydrogens (primary N) is 5. The minimum absolute atomic E-state index is 0.0135. The minimum atomic E-state index is -0.723. The number of nitrogens with zero attached hydrogens (tertiary/aromatic N) is 2. The number of unbranched alkanes of at least 4 members (excludes halogenated alkanes) is 1. The summed E-state index contributed by atoms with van der Waals surface area (Å²) in [6.45, 7) is 0.841. The molecule has 11 N–H and O–H groups in total. The Bertz CT molecular complexity index is 413. The molecule has 0 aromatic heterocycles. The van der Waals surface area contributed by atoms with E-state index < -0.39 is 11.9 Å². The Morgan fingerprint density at radius 2 is 1.41 bits per heavy atom. The summed E-state index contributed by atoms with van der Waals surface area (Å²) in [7, 11) is 0. The molecular weight excluding hydrogens is 288 g/mol. The predicted octanol–water partition coefficient (Wildman–Crippen LogP) is -2.55. The molecule has 1 unspecified atom stereocenters. The maximum Gasteiger partial charge on any atom is 0.240 e. The Kier molecular flexibility index (Phi) is 9.89. The molecule has 0 aromatic carbocycles. The van der Waals surface area contributed by atoms with Gasteiger partial charge in [0, 0.05) is 19.5 Å². The number of guanidine groups is 2. The van der Waals surface area contributed by atoms with E-state index in [-0.39, 0.29) is 24.2 Å². The van der Waals surface area contributed by atoms with Crippen molar-refractivity contribution in [2.45, 2.75) is 38.1 Å². The van der Waals surface area contributed by atoms with Crippen molar-refractivity contribution in [2.75, 3.05) is 13.1 Å². The highest BCUT2D eigenvalue weighted by Gasteiger charge is 2.17. The van der Waals surface area contributed by atoms with Crippen LogP contribution in [0, 0.1) is 0 Å². The van der Waals surface area contributed by atoms with Crippen molar-refractivity contribution >= 4 is 23.7 Å². The van der Waals surface area contributed by atoms with Gasteiger partial charge < -0.3 is 34.0 Å². The summed E-state index contributed by atoms with van der Waals surface area (Å²) in [5.41, 5.74) is 26.0. The third-order valence-corrected chi connectivity index (χ3v) is 2.73. The zero-order valence-corrected chi connectivity index (χ0v) is 12.6. The number of amides is 2. The number of hydrogen-bond acceptors (Lipinski definition) is 4. The van der Waals surface area contributed by atoms with Crippen LogP contribution in [-0.4, -0.2) is 42.9 Å². The molecule has 0 bridgehead atoms. The van der Waals surface area contributed by atoms with Crippen LogP contribution in [0.15, 0.2) is 9.98 Å². The van der Waals surface area contributed by atoms with Gasteiger partial charge in [0.25, 0.3) is 0 Å². The number of aliphatic imine (C=N–C) groups is 2. The zero-order chi connectivity index (χ0) is 17.0. The Labute approximate surface area is 129 Å². The monoisotopic (exact) mass is 314 g/mol. The van der Waals surface area contributed by atoms with Crippen molar-refractivity contribution in [1.82, 2.24) is 5.32 Å². The molecule has 0 fully saturated rings. The van der Waals surface area contributed by atoms with Gasteiger partial charge in [-0.25, -0.2) is 0 Å². The van der Waals surface area contributed by atoms with Crippen LogP contribution < -0.4 is 34.0 Å². The summed E-state index contributed by atoms with van der Waals surface area (Å²) in [4.78, 5) is 30.6. The number of carbonyl (C=O) groups is 2. The molecule has 0 aliphatic rings. The van der Waals surface area contributed by atoms with Gasteiger partial charge in [0.05, 0.1) is 0 Å². The van der Waals surface area contributed by atoms with Gasteiger partial charge in [0.2, 0.25) is 11.8 Å². The average Bonchev–Trinajstić information content (AvgIpc) is 2.40. The van der Waals surface area contributed by atoms with E-state index >= 15 is 0 Å². The second-order valence-corrected chi connectivity index (χ2v) is 4.73. The zero-order valence-electron chi connectivity index (χ0n) is 12.6. The Balaban J connectivity index is 4.01. The molecule has 126 valence electrons. The van der Waals surface area contributed by atoms with E-state index in [1.165, 1.54) is 0 Å². The number of hydrogen-bond donors (Lipinski definition) is 6. The van der Waals surface area contributed by atoms with Crippen LogP contribution in [0.25, 0.3) is 0 Å². The molecule has 0 heterocycles. The van der Waals surface area contributed by atoms with Crippen LogP contribution in [0.5, 0.6) is 0 Å². The molecule has 0 aromatic rings. The fraction of sp³-hybridized carbons (Fsp3) is 0.667. The largest absolute Gasteiger partial charge is 0.370 e. The van der Waals surface area contributed by atoms with Crippen LogP contribution in [0.1, 0.15) is 32.1 Å². The highest BCUT2D eigenvalue weighted by molar-refractivity contribution is 5.86. The number of nitrogens with one attached hydrogen (secondary N) is 1. The van der Waals surface area contributed by atoms with Crippen molar-refractivity contribution in [1.29, 1.82) is 0 Å². The number of primary amides is 1. The van der Waals surface area contributed by atoms with Crippen molar-refractivity contribution in [3.63, 3.8) is 0 Å². The normalized spacial score (nSPS) is 11.3. The molecule has 0 radical (unpaired) electrons. The topological polar surface area (TPSA) is 201 Å². The van der Waals surface area contributed by atoms with Gasteiger partial charge in [-0.3, -0.25) is 19.6 Å². The van der Waals surface area contributed by atoms with E-state index in [0.717, 1.165) is 0 Å². The average molecular weight is 314 g/mol. The first kappa shape index (κ1) is 19.5. The molecule has 22 heavy (non-hydrogen) atoms. The lowest BCUT2D eigenvalue weighted by Crippen LogP contribution is -2.44. The van der Waals surface area contributed by atoms with E-state index in [1.54, 1.807) is 0 Å². The first-order chi connectivity index (χ1) is 10.3. The molecule has 10 nitrogen and oxygen atoms in total. The van der Waals surface area contributed by atoms with Crippen molar-refractivity contribution in [3.05, 3.63) is 0 Å². The SMILES string of the molecule is NC(=O)C(CCCN=C(N)N)NC(=O)CCCCN=C(N)N. The summed E-state index contributed by atoms with van der Waals surface area (Å²) in [5, 5.41) is 2.59. The van der Waals surface area contributed by atoms with Gasteiger partial charge in [-0.2, -0.15) is 0 Å². The van der Waals surface area contributed by atoms with Crippen molar-refractivity contribution in [2.24, 2.45) is 38.7 Å². The molecule has 0 spiro atoms. The smallest absolute Gasteiger partial charge is 0.240 e. The Morgan fingerprint density at radius 3 is 1.91 bits per heavy atom. The third-order valence-electron chi connectivity index (χ3n) is 2.73. The van der Waals surface area contributed by atoms with Crippen LogP contribution in [0.4, 0.5) is 0 Å². The van der Waals surface area contributed by atoms with Gasteiger partial charge in [-0.15, -0.1) is 0 Å². The predicted molar refractivity (Wildman–Crippen MR) is 85.6 cm³/mol. The van der Waals surface area contributed by atoms with E-state index in [0.29, 0.717) is 38.8 Å². The van der Waals surface area contributed by atoms with Gasteiger partial charge in [0.1, 0.15) is 6.04 Å². The second kappa shape index (κ2) is 11.2. The van der Waals surface area contributed by atoms with E-state index in [4.69, 9.17) is 28.7 Å². The lowest BCUT2D eigenvalue weighted by Gasteiger charge is -2.14. The van der Waals surface area contributed by atoms with Gasteiger partial charge >= 0.3 is 0 Å². The third kappa shape index (κ3) is 11.3. The van der Waals surface area contributed by atoms with Crippen LogP contribution in [0.3, 0.4) is 0 Å². The van der Waals surface area contributed by atoms with E-state index in [9.17, 15) is 9.59 Å². The first-order valence-electron chi connectivity index (χ1n) is 7.02. The fourth-order valence-electron chi connectivity index (χ4n) is 1.66. The van der Waals surface area contributed by atoms with Crippen molar-refractivity contribution < 1.29 is 9.59 Å². The van der Waals surface area contributed by atoms with Crippen molar-refractivity contribution in [3.8, 4) is 0 Å². The first-order valence-corrected chi connectivity index (χ1v) is 7.02. The minimum Gasteiger partial charge on any atom is -0.370 e. The van der Waals surface area contributed by atoms with Gasteiger partial charge in [-0.1, -0.05) is 0 Å². The summed E-state index contributed by atoms with van der Waals surface area (Å²) < 4.78 is 0. The molecule has 0 saturated heterocycles. The van der Waals surface area contributed by atoms with Crippen LogP contribution in [0.2, 0.25) is 0 Å². The molecule has 0 aliphatic heterocycles. The fourth-order valence-corrected chi connectivity index (χ4v) is 1.66. The Hall–Kier alpha value is -2.52. The molecule has 0 rings (SSSR count). The van der Waals surface area contributed by atoms with Crippen LogP contribution >= 0.6 is 0 Å². The standard InChI is InChI=1S/C12H26N8O2/c13-10(22)8(4-3-7-19-12(16)17)20-9(21)5-1-2-6-18-11(14)15/h8H,1-7H2,(H2,13,22)(H,20,21)(H4,14,15,18)(H4,16,17,19). The highest BCUT2D eigenvalue weighted by atomic mass is 16.2. The molecule has 10 heteroatoms. The Morgan fingerprint density at radius 1 is 0.864 bits per heavy atom. The van der Waals surface area contributed by atoms with Gasteiger partial charge in [-0.05, 0) is 25.7 Å². The summed E-state index contributed by atoms with van der Waals surface area (Å²) >= 11 is 0. The summed E-state index contributed by atoms with van der Waals surface area (Å²) in [6.07, 6.45) is 2.49. The van der Waals surface area contributed by atoms with Crippen LogP contribution in [-0.2, 0) is 9.59 Å². The molecule has 2 amide bonds. The van der Waals surface area contributed by atoms with E-state index in [2.05, 4.69) is 15.3 Å². The molecule has 0 saturated carbocycles. The lowest BCUT2D eigenvalue weighted by atomic mass is 10.1. The quantitative estimate of drug-likeness (QED) is 0.138.